The molecule has 0 saturated carbocycles. The van der Waals surface area contributed by atoms with E-state index in [-0.39, 0.29) is 0 Å². The van der Waals surface area contributed by atoms with E-state index in [1.54, 1.807) is 0 Å². The molecule has 1 aromatic heterocycles. The average Bonchev–Trinajstić information content (AvgIpc) is 2.63. The molecule has 1 aromatic carbocycles. The van der Waals surface area contributed by atoms with Crippen molar-refractivity contribution in [2.45, 2.75) is 6.54 Å². The van der Waals surface area contributed by atoms with E-state index in [1.165, 1.54) is 16.6 Å². The third-order valence-electron chi connectivity index (χ3n) is 3.09. The normalized spacial score (nSPS) is 11.5. The maximum atomic E-state index is 3.47. The number of hydrogen-bond donors (Lipinski definition) is 1. The van der Waals surface area contributed by atoms with Gasteiger partial charge in [0.15, 0.2) is 0 Å². The fraction of sp³-hybridized carbons (Fsp3) is 0.429. The van der Waals surface area contributed by atoms with E-state index < -0.39 is 0 Å². The van der Waals surface area contributed by atoms with E-state index in [2.05, 4.69) is 66.3 Å². The Morgan fingerprint density at radius 1 is 1.24 bits per heavy atom. The van der Waals surface area contributed by atoms with Crippen LogP contribution in [0.1, 0.15) is 5.69 Å². The maximum Gasteiger partial charge on any atom is 0.0480 e. The Hall–Kier alpha value is -1.32. The highest BCUT2D eigenvalue weighted by Crippen LogP contribution is 2.17. The van der Waals surface area contributed by atoms with Crippen LogP contribution in [0.25, 0.3) is 10.9 Å². The number of hydrogen-bond acceptors (Lipinski definition) is 2. The van der Waals surface area contributed by atoms with Gasteiger partial charge in [-0.2, -0.15) is 0 Å². The van der Waals surface area contributed by atoms with Crippen LogP contribution in [0.5, 0.6) is 0 Å². The summed E-state index contributed by atoms with van der Waals surface area (Å²) in [6.45, 7) is 3.03. The molecule has 3 nitrogen and oxygen atoms in total. The average molecular weight is 231 g/mol. The van der Waals surface area contributed by atoms with Crippen molar-refractivity contribution >= 4 is 10.9 Å². The molecule has 0 saturated heterocycles. The summed E-state index contributed by atoms with van der Waals surface area (Å²) in [4.78, 5) is 2.19. The Bertz CT molecular complexity index is 485. The van der Waals surface area contributed by atoms with Crippen LogP contribution in [0.15, 0.2) is 30.3 Å². The zero-order chi connectivity index (χ0) is 12.3. The van der Waals surface area contributed by atoms with Crippen molar-refractivity contribution in [1.82, 2.24) is 14.8 Å². The van der Waals surface area contributed by atoms with Crippen LogP contribution >= 0.6 is 0 Å². The Kier molecular flexibility index (Phi) is 3.82. The molecule has 17 heavy (non-hydrogen) atoms. The minimum absolute atomic E-state index is 0.930. The molecule has 0 unspecified atom stereocenters. The molecule has 0 aliphatic heterocycles. The fourth-order valence-corrected chi connectivity index (χ4v) is 2.03. The number of likely N-dealkylation sites (N-methyl/N-ethyl adjacent to an activating group) is 1. The van der Waals surface area contributed by atoms with Gasteiger partial charge in [0.1, 0.15) is 0 Å². The minimum Gasteiger partial charge on any atom is -0.346 e. The maximum absolute atomic E-state index is 3.47. The monoisotopic (exact) mass is 231 g/mol. The molecule has 0 aliphatic carbocycles. The number of benzene rings is 1. The molecule has 2 aromatic rings. The molecule has 0 fully saturated rings. The fourth-order valence-electron chi connectivity index (χ4n) is 2.03. The van der Waals surface area contributed by atoms with Gasteiger partial charge in [-0.1, -0.05) is 18.2 Å². The number of fused-ring (bicyclic) bond motifs is 1. The molecule has 1 N–H and O–H groups in total. The molecule has 0 atom stereocenters. The highest BCUT2D eigenvalue weighted by molar-refractivity contribution is 5.81. The number of para-hydroxylation sites is 1. The van der Waals surface area contributed by atoms with Gasteiger partial charge in [0.25, 0.3) is 0 Å². The lowest BCUT2D eigenvalue weighted by Gasteiger charge is -2.10. The molecule has 0 spiro atoms. The lowest BCUT2D eigenvalue weighted by molar-refractivity contribution is 0.399. The smallest absolute Gasteiger partial charge is 0.0480 e. The number of aryl methyl sites for hydroxylation is 1. The standard InChI is InChI=1S/C14H21N3/c1-16(2)9-8-15-11-13-10-12-6-4-5-7-14(12)17(13)3/h4-7,10,15H,8-9,11H2,1-3H3. The summed E-state index contributed by atoms with van der Waals surface area (Å²) in [5.41, 5.74) is 2.64. The second-order valence-corrected chi connectivity index (χ2v) is 4.73. The second kappa shape index (κ2) is 5.34. The quantitative estimate of drug-likeness (QED) is 0.792. The first-order valence-corrected chi connectivity index (χ1v) is 6.07. The van der Waals surface area contributed by atoms with E-state index in [0.717, 1.165) is 19.6 Å². The van der Waals surface area contributed by atoms with E-state index >= 15 is 0 Å². The van der Waals surface area contributed by atoms with Gasteiger partial charge in [-0.25, -0.2) is 0 Å². The second-order valence-electron chi connectivity index (χ2n) is 4.73. The Morgan fingerprint density at radius 3 is 2.71 bits per heavy atom. The summed E-state index contributed by atoms with van der Waals surface area (Å²) < 4.78 is 2.26. The van der Waals surface area contributed by atoms with Gasteiger partial charge >= 0.3 is 0 Å². The lowest BCUT2D eigenvalue weighted by atomic mass is 10.2. The first kappa shape index (κ1) is 12.1. The predicted molar refractivity (Wildman–Crippen MR) is 73.2 cm³/mol. The van der Waals surface area contributed by atoms with Gasteiger partial charge in [-0.05, 0) is 31.6 Å². The summed E-state index contributed by atoms with van der Waals surface area (Å²) in [7, 11) is 6.32. The Balaban J connectivity index is 2.01. The Morgan fingerprint density at radius 2 is 2.00 bits per heavy atom. The third-order valence-corrected chi connectivity index (χ3v) is 3.09. The molecule has 1 heterocycles. The summed E-state index contributed by atoms with van der Waals surface area (Å²) >= 11 is 0. The van der Waals surface area contributed by atoms with Crippen molar-refractivity contribution in [2.24, 2.45) is 7.05 Å². The van der Waals surface area contributed by atoms with Gasteiger partial charge < -0.3 is 14.8 Å². The van der Waals surface area contributed by atoms with Crippen LogP contribution in [0, 0.1) is 0 Å². The molecular weight excluding hydrogens is 210 g/mol. The van der Waals surface area contributed by atoms with Crippen molar-refractivity contribution < 1.29 is 0 Å². The van der Waals surface area contributed by atoms with Crippen molar-refractivity contribution in [3.63, 3.8) is 0 Å². The zero-order valence-corrected chi connectivity index (χ0v) is 10.9. The Labute approximate surface area is 103 Å². The topological polar surface area (TPSA) is 20.2 Å². The molecule has 0 radical (unpaired) electrons. The van der Waals surface area contributed by atoms with Crippen molar-refractivity contribution in [3.05, 3.63) is 36.0 Å². The largest absolute Gasteiger partial charge is 0.346 e. The van der Waals surface area contributed by atoms with Gasteiger partial charge in [0, 0.05) is 37.9 Å². The molecular formula is C14H21N3. The minimum atomic E-state index is 0.930. The first-order chi connectivity index (χ1) is 8.18. The van der Waals surface area contributed by atoms with Crippen LogP contribution < -0.4 is 5.32 Å². The number of aromatic nitrogens is 1. The summed E-state index contributed by atoms with van der Waals surface area (Å²) in [6, 6.07) is 10.8. The third kappa shape index (κ3) is 2.87. The van der Waals surface area contributed by atoms with Crippen LogP contribution in [0.4, 0.5) is 0 Å². The molecule has 0 amide bonds. The number of nitrogens with one attached hydrogen (secondary N) is 1. The number of nitrogens with zero attached hydrogens (tertiary/aromatic N) is 2. The molecule has 0 aliphatic rings. The first-order valence-electron chi connectivity index (χ1n) is 6.07. The highest BCUT2D eigenvalue weighted by Gasteiger charge is 2.03. The molecule has 3 heteroatoms. The number of rotatable bonds is 5. The van der Waals surface area contributed by atoms with E-state index in [0.29, 0.717) is 0 Å². The SMILES string of the molecule is CN(C)CCNCc1cc2ccccc2n1C. The summed E-state index contributed by atoms with van der Waals surface area (Å²) in [5.74, 6) is 0. The van der Waals surface area contributed by atoms with Crippen molar-refractivity contribution in [2.75, 3.05) is 27.2 Å². The van der Waals surface area contributed by atoms with Crippen molar-refractivity contribution in [3.8, 4) is 0 Å². The van der Waals surface area contributed by atoms with E-state index in [4.69, 9.17) is 0 Å². The predicted octanol–water partition coefficient (Wildman–Crippen LogP) is 1.83. The molecule has 0 bridgehead atoms. The molecule has 2 rings (SSSR count). The zero-order valence-electron chi connectivity index (χ0n) is 10.9. The highest BCUT2D eigenvalue weighted by atomic mass is 15.1. The summed E-state index contributed by atoms with van der Waals surface area (Å²) in [5, 5.41) is 4.79. The molecule has 92 valence electrons. The van der Waals surface area contributed by atoms with Crippen LogP contribution in [-0.4, -0.2) is 36.7 Å². The lowest BCUT2D eigenvalue weighted by Crippen LogP contribution is -2.26. The van der Waals surface area contributed by atoms with E-state index in [9.17, 15) is 0 Å². The van der Waals surface area contributed by atoms with Gasteiger partial charge in [-0.15, -0.1) is 0 Å². The van der Waals surface area contributed by atoms with Gasteiger partial charge in [0.05, 0.1) is 0 Å². The summed E-state index contributed by atoms with van der Waals surface area (Å²) in [6.07, 6.45) is 0. The van der Waals surface area contributed by atoms with Crippen molar-refractivity contribution in [1.29, 1.82) is 0 Å². The van der Waals surface area contributed by atoms with Crippen LogP contribution in [-0.2, 0) is 13.6 Å². The van der Waals surface area contributed by atoms with Gasteiger partial charge in [0.2, 0.25) is 0 Å². The van der Waals surface area contributed by atoms with Crippen LogP contribution in [0.2, 0.25) is 0 Å². The van der Waals surface area contributed by atoms with E-state index in [1.807, 2.05) is 0 Å². The van der Waals surface area contributed by atoms with Gasteiger partial charge in [-0.3, -0.25) is 0 Å². The van der Waals surface area contributed by atoms with Crippen LogP contribution in [0.3, 0.4) is 0 Å².